The number of ether oxygens (including phenoxy) is 1. The number of benzene rings is 1. The first-order valence-corrected chi connectivity index (χ1v) is 6.22. The maximum Gasteiger partial charge on any atom is 0.220 e. The average molecular weight is 253 g/mol. The molecule has 18 heavy (non-hydrogen) atoms. The zero-order valence-corrected chi connectivity index (χ0v) is 10.7. The summed E-state index contributed by atoms with van der Waals surface area (Å²) in [6.07, 6.45) is 5.70. The molecule has 1 aliphatic carbocycles. The van der Waals surface area contributed by atoms with E-state index >= 15 is 0 Å². The monoisotopic (exact) mass is 253 g/mol. The van der Waals surface area contributed by atoms with E-state index in [1.807, 2.05) is 0 Å². The number of amides is 1. The number of hydrogen-bond donors (Lipinski definition) is 1. The van der Waals surface area contributed by atoms with Gasteiger partial charge in [0.2, 0.25) is 5.91 Å². The van der Waals surface area contributed by atoms with Gasteiger partial charge in [0.15, 0.2) is 0 Å². The number of primary amides is 1. The van der Waals surface area contributed by atoms with Crippen molar-refractivity contribution in [3.8, 4) is 5.75 Å². The van der Waals surface area contributed by atoms with Crippen LogP contribution >= 0.6 is 0 Å². The van der Waals surface area contributed by atoms with Crippen molar-refractivity contribution >= 4 is 5.91 Å². The van der Waals surface area contributed by atoms with E-state index in [2.05, 4.69) is 0 Å². The van der Waals surface area contributed by atoms with Crippen LogP contribution in [0, 0.1) is 11.7 Å². The molecule has 0 atom stereocenters. The van der Waals surface area contributed by atoms with Gasteiger partial charge in [-0.25, -0.2) is 4.39 Å². The molecule has 0 heterocycles. The average Bonchev–Trinajstić information content (AvgIpc) is 2.41. The Balaban J connectivity index is 0.000000180. The molecule has 2 rings (SSSR count). The summed E-state index contributed by atoms with van der Waals surface area (Å²) in [6.45, 7) is 0. The number of carbonyl (C=O) groups is 1. The largest absolute Gasteiger partial charge is 0.497 e. The molecule has 0 aromatic heterocycles. The smallest absolute Gasteiger partial charge is 0.220 e. The van der Waals surface area contributed by atoms with Crippen LogP contribution in [-0.4, -0.2) is 13.0 Å². The van der Waals surface area contributed by atoms with Crippen LogP contribution in [0.3, 0.4) is 0 Å². The van der Waals surface area contributed by atoms with Gasteiger partial charge >= 0.3 is 0 Å². The van der Waals surface area contributed by atoms with Gasteiger partial charge in [0, 0.05) is 5.92 Å². The molecule has 4 heteroatoms. The summed E-state index contributed by atoms with van der Waals surface area (Å²) in [4.78, 5) is 10.6. The van der Waals surface area contributed by atoms with Crippen LogP contribution in [0.1, 0.15) is 32.1 Å². The lowest BCUT2D eigenvalue weighted by atomic mass is 9.89. The summed E-state index contributed by atoms with van der Waals surface area (Å²) in [7, 11) is 1.55. The van der Waals surface area contributed by atoms with Crippen LogP contribution in [0.5, 0.6) is 5.75 Å². The molecule has 0 spiro atoms. The van der Waals surface area contributed by atoms with Crippen molar-refractivity contribution < 1.29 is 13.9 Å². The van der Waals surface area contributed by atoms with Gasteiger partial charge in [0.05, 0.1) is 7.11 Å². The van der Waals surface area contributed by atoms with Gasteiger partial charge in [-0.3, -0.25) is 4.79 Å². The highest BCUT2D eigenvalue weighted by Gasteiger charge is 2.17. The van der Waals surface area contributed by atoms with Crippen LogP contribution < -0.4 is 10.5 Å². The number of carbonyl (C=O) groups excluding carboxylic acids is 1. The van der Waals surface area contributed by atoms with E-state index in [-0.39, 0.29) is 17.6 Å². The Bertz CT molecular complexity index is 359. The predicted octanol–water partition coefficient (Wildman–Crippen LogP) is 2.89. The highest BCUT2D eigenvalue weighted by Crippen LogP contribution is 2.22. The molecule has 1 fully saturated rings. The second-order valence-corrected chi connectivity index (χ2v) is 4.40. The SMILES string of the molecule is COc1ccc(F)cc1.NC(=O)C1CCCCC1. The molecule has 2 N–H and O–H groups in total. The van der Waals surface area contributed by atoms with E-state index in [1.54, 1.807) is 19.2 Å². The summed E-state index contributed by atoms with van der Waals surface area (Å²) in [5.74, 6) is 0.528. The van der Waals surface area contributed by atoms with Crippen LogP contribution in [0.15, 0.2) is 24.3 Å². The molecule has 1 aromatic carbocycles. The Morgan fingerprint density at radius 2 is 1.78 bits per heavy atom. The third-order valence-corrected chi connectivity index (χ3v) is 3.06. The third kappa shape index (κ3) is 5.17. The molecule has 3 nitrogen and oxygen atoms in total. The van der Waals surface area contributed by atoms with Gasteiger partial charge in [-0.1, -0.05) is 19.3 Å². The Labute approximate surface area is 107 Å². The lowest BCUT2D eigenvalue weighted by molar-refractivity contribution is -0.122. The molecule has 0 saturated heterocycles. The highest BCUT2D eigenvalue weighted by molar-refractivity contribution is 5.76. The fourth-order valence-corrected chi connectivity index (χ4v) is 1.96. The van der Waals surface area contributed by atoms with Gasteiger partial charge in [-0.15, -0.1) is 0 Å². The van der Waals surface area contributed by atoms with Crippen LogP contribution in [0.2, 0.25) is 0 Å². The quantitative estimate of drug-likeness (QED) is 0.881. The molecule has 1 amide bonds. The third-order valence-electron chi connectivity index (χ3n) is 3.06. The summed E-state index contributed by atoms with van der Waals surface area (Å²) in [5, 5.41) is 0. The number of halogens is 1. The highest BCUT2D eigenvalue weighted by atomic mass is 19.1. The van der Waals surface area contributed by atoms with E-state index in [0.717, 1.165) is 12.8 Å². The van der Waals surface area contributed by atoms with Crippen molar-refractivity contribution in [2.45, 2.75) is 32.1 Å². The van der Waals surface area contributed by atoms with Crippen molar-refractivity contribution in [3.63, 3.8) is 0 Å². The first kappa shape index (κ1) is 14.5. The fraction of sp³-hybridized carbons (Fsp3) is 0.500. The lowest BCUT2D eigenvalue weighted by Gasteiger charge is -2.17. The zero-order valence-electron chi connectivity index (χ0n) is 10.7. The number of rotatable bonds is 2. The number of nitrogens with two attached hydrogens (primary N) is 1. The van der Waals surface area contributed by atoms with Gasteiger partial charge < -0.3 is 10.5 Å². The second kappa shape index (κ2) is 7.69. The zero-order chi connectivity index (χ0) is 13.4. The lowest BCUT2D eigenvalue weighted by Crippen LogP contribution is -2.24. The summed E-state index contributed by atoms with van der Waals surface area (Å²) < 4.78 is 17.0. The topological polar surface area (TPSA) is 52.3 Å². The standard InChI is InChI=1S/C7H7FO.C7H13NO/c1-9-7-4-2-6(8)3-5-7;8-7(9)6-4-2-1-3-5-6/h2-5H,1H3;6H,1-5H2,(H2,8,9). The molecule has 0 bridgehead atoms. The van der Waals surface area contributed by atoms with E-state index in [0.29, 0.717) is 5.75 Å². The number of hydrogen-bond acceptors (Lipinski definition) is 2. The van der Waals surface area contributed by atoms with Crippen molar-refractivity contribution in [2.75, 3.05) is 7.11 Å². The van der Waals surface area contributed by atoms with Crippen molar-refractivity contribution in [1.29, 1.82) is 0 Å². The van der Waals surface area contributed by atoms with Gasteiger partial charge in [-0.2, -0.15) is 0 Å². The van der Waals surface area contributed by atoms with Crippen LogP contribution in [0.4, 0.5) is 4.39 Å². The molecule has 1 aromatic rings. The van der Waals surface area contributed by atoms with Gasteiger partial charge in [-0.05, 0) is 37.1 Å². The Morgan fingerprint density at radius 1 is 1.22 bits per heavy atom. The predicted molar refractivity (Wildman–Crippen MR) is 68.7 cm³/mol. The molecule has 100 valence electrons. The molecule has 0 radical (unpaired) electrons. The Hall–Kier alpha value is -1.58. The molecular formula is C14H20FNO2. The summed E-state index contributed by atoms with van der Waals surface area (Å²) >= 11 is 0. The molecule has 0 unspecified atom stereocenters. The van der Waals surface area contributed by atoms with E-state index < -0.39 is 0 Å². The molecule has 0 aliphatic heterocycles. The number of methoxy groups -OCH3 is 1. The first-order valence-electron chi connectivity index (χ1n) is 6.22. The minimum atomic E-state index is -0.240. The maximum atomic E-state index is 12.2. The molecule has 1 saturated carbocycles. The summed E-state index contributed by atoms with van der Waals surface area (Å²) in [5.41, 5.74) is 5.13. The minimum absolute atomic E-state index is 0.102. The maximum absolute atomic E-state index is 12.2. The first-order chi connectivity index (χ1) is 8.63. The second-order valence-electron chi connectivity index (χ2n) is 4.40. The van der Waals surface area contributed by atoms with Crippen molar-refractivity contribution in [1.82, 2.24) is 0 Å². The minimum Gasteiger partial charge on any atom is -0.497 e. The fourth-order valence-electron chi connectivity index (χ4n) is 1.96. The van der Waals surface area contributed by atoms with Crippen molar-refractivity contribution in [2.24, 2.45) is 11.7 Å². The summed E-state index contributed by atoms with van der Waals surface area (Å²) in [6, 6.07) is 5.88. The Kier molecular flexibility index (Phi) is 6.19. The molecule has 1 aliphatic rings. The van der Waals surface area contributed by atoms with E-state index in [1.165, 1.54) is 31.4 Å². The van der Waals surface area contributed by atoms with Gasteiger partial charge in [0.1, 0.15) is 11.6 Å². The van der Waals surface area contributed by atoms with E-state index in [9.17, 15) is 9.18 Å². The van der Waals surface area contributed by atoms with E-state index in [4.69, 9.17) is 10.5 Å². The molecular weight excluding hydrogens is 233 g/mol. The Morgan fingerprint density at radius 3 is 2.17 bits per heavy atom. The van der Waals surface area contributed by atoms with Gasteiger partial charge in [0.25, 0.3) is 0 Å². The van der Waals surface area contributed by atoms with Crippen LogP contribution in [-0.2, 0) is 4.79 Å². The normalized spacial score (nSPS) is 15.4. The van der Waals surface area contributed by atoms with Crippen LogP contribution in [0.25, 0.3) is 0 Å². The van der Waals surface area contributed by atoms with Crippen molar-refractivity contribution in [3.05, 3.63) is 30.1 Å².